The van der Waals surface area contributed by atoms with Crippen molar-refractivity contribution in [1.29, 1.82) is 0 Å². The Balaban J connectivity index is 1.40. The van der Waals surface area contributed by atoms with Crippen molar-refractivity contribution in [2.24, 2.45) is 0 Å². The SMILES string of the molecule is COc1cc2c(cc1OC)CN(C(=O)COc1ccc3c(c1)CCC3)CC2. The minimum absolute atomic E-state index is 0.0101. The molecule has 4 rings (SSSR count). The molecule has 0 saturated heterocycles. The van der Waals surface area contributed by atoms with Gasteiger partial charge in [-0.3, -0.25) is 4.79 Å². The van der Waals surface area contributed by atoms with E-state index in [9.17, 15) is 4.79 Å². The number of benzene rings is 2. The maximum atomic E-state index is 12.6. The van der Waals surface area contributed by atoms with Crippen LogP contribution in [0.2, 0.25) is 0 Å². The molecule has 0 atom stereocenters. The Labute approximate surface area is 159 Å². The molecule has 0 aromatic heterocycles. The molecule has 27 heavy (non-hydrogen) atoms. The van der Waals surface area contributed by atoms with Crippen molar-refractivity contribution >= 4 is 5.91 Å². The first-order chi connectivity index (χ1) is 13.2. The van der Waals surface area contributed by atoms with Gasteiger partial charge in [0.2, 0.25) is 0 Å². The smallest absolute Gasteiger partial charge is 0.260 e. The second-order valence-electron chi connectivity index (χ2n) is 7.11. The third-order valence-corrected chi connectivity index (χ3v) is 5.50. The fraction of sp³-hybridized carbons (Fsp3) is 0.409. The first-order valence-corrected chi connectivity index (χ1v) is 9.44. The summed E-state index contributed by atoms with van der Waals surface area (Å²) >= 11 is 0. The molecular weight excluding hydrogens is 342 g/mol. The van der Waals surface area contributed by atoms with Crippen LogP contribution in [0, 0.1) is 0 Å². The minimum Gasteiger partial charge on any atom is -0.493 e. The van der Waals surface area contributed by atoms with Gasteiger partial charge in [-0.05, 0) is 72.2 Å². The lowest BCUT2D eigenvalue weighted by molar-refractivity contribution is -0.134. The van der Waals surface area contributed by atoms with Gasteiger partial charge in [0.1, 0.15) is 5.75 Å². The van der Waals surface area contributed by atoms with Crippen LogP contribution in [0.4, 0.5) is 0 Å². The molecule has 2 aliphatic rings. The highest BCUT2D eigenvalue weighted by atomic mass is 16.5. The maximum absolute atomic E-state index is 12.6. The van der Waals surface area contributed by atoms with Gasteiger partial charge >= 0.3 is 0 Å². The zero-order valence-corrected chi connectivity index (χ0v) is 15.9. The van der Waals surface area contributed by atoms with E-state index in [2.05, 4.69) is 12.1 Å². The van der Waals surface area contributed by atoms with Crippen molar-refractivity contribution in [3.63, 3.8) is 0 Å². The average molecular weight is 367 g/mol. The van der Waals surface area contributed by atoms with Crippen LogP contribution in [0.5, 0.6) is 17.2 Å². The van der Waals surface area contributed by atoms with Crippen molar-refractivity contribution in [1.82, 2.24) is 4.90 Å². The molecule has 2 aromatic carbocycles. The van der Waals surface area contributed by atoms with Crippen molar-refractivity contribution in [2.75, 3.05) is 27.4 Å². The van der Waals surface area contributed by atoms with Gasteiger partial charge in [0.25, 0.3) is 5.91 Å². The number of rotatable bonds is 5. The monoisotopic (exact) mass is 367 g/mol. The van der Waals surface area contributed by atoms with Crippen LogP contribution in [0.3, 0.4) is 0 Å². The van der Waals surface area contributed by atoms with Crippen molar-refractivity contribution in [3.05, 3.63) is 52.6 Å². The van der Waals surface area contributed by atoms with Crippen molar-refractivity contribution in [2.45, 2.75) is 32.2 Å². The molecule has 5 nitrogen and oxygen atoms in total. The molecule has 1 aliphatic heterocycles. The molecule has 0 N–H and O–H groups in total. The summed E-state index contributed by atoms with van der Waals surface area (Å²) in [5, 5.41) is 0. The number of amides is 1. The van der Waals surface area contributed by atoms with Gasteiger partial charge in [0.05, 0.1) is 14.2 Å². The Morgan fingerprint density at radius 1 is 0.926 bits per heavy atom. The summed E-state index contributed by atoms with van der Waals surface area (Å²) in [6.45, 7) is 1.33. The molecule has 0 unspecified atom stereocenters. The largest absolute Gasteiger partial charge is 0.493 e. The Morgan fingerprint density at radius 2 is 1.63 bits per heavy atom. The Kier molecular flexibility index (Phi) is 4.92. The van der Waals surface area contributed by atoms with E-state index in [1.54, 1.807) is 14.2 Å². The highest BCUT2D eigenvalue weighted by Crippen LogP contribution is 2.33. The van der Waals surface area contributed by atoms with Crippen LogP contribution in [0.15, 0.2) is 30.3 Å². The molecule has 0 bridgehead atoms. The number of carbonyl (C=O) groups is 1. The average Bonchev–Trinajstić information content (AvgIpc) is 3.18. The van der Waals surface area contributed by atoms with Gasteiger partial charge in [0, 0.05) is 13.1 Å². The van der Waals surface area contributed by atoms with Crippen LogP contribution in [-0.2, 0) is 30.6 Å². The zero-order chi connectivity index (χ0) is 18.8. The highest BCUT2D eigenvalue weighted by Gasteiger charge is 2.23. The highest BCUT2D eigenvalue weighted by molar-refractivity contribution is 5.78. The molecule has 0 saturated carbocycles. The third-order valence-electron chi connectivity index (χ3n) is 5.50. The number of aryl methyl sites for hydroxylation is 2. The van der Waals surface area contributed by atoms with E-state index in [0.29, 0.717) is 18.8 Å². The van der Waals surface area contributed by atoms with Crippen LogP contribution in [0.25, 0.3) is 0 Å². The number of nitrogens with zero attached hydrogens (tertiary/aromatic N) is 1. The van der Waals surface area contributed by atoms with Gasteiger partial charge in [0.15, 0.2) is 18.1 Å². The predicted octanol–water partition coefficient (Wildman–Crippen LogP) is 3.16. The number of fused-ring (bicyclic) bond motifs is 2. The van der Waals surface area contributed by atoms with Crippen LogP contribution >= 0.6 is 0 Å². The molecular formula is C22H25NO4. The standard InChI is InChI=1S/C22H25NO4/c1-25-20-11-17-8-9-23(13-18(17)12-21(20)26-2)22(24)14-27-19-7-6-15-4-3-5-16(15)10-19/h6-7,10-12H,3-5,8-9,13-14H2,1-2H3. The molecule has 2 aromatic rings. The van der Waals surface area contributed by atoms with E-state index in [4.69, 9.17) is 14.2 Å². The summed E-state index contributed by atoms with van der Waals surface area (Å²) in [5.41, 5.74) is 5.07. The first kappa shape index (κ1) is 17.7. The molecule has 0 radical (unpaired) electrons. The number of methoxy groups -OCH3 is 2. The normalized spacial score (nSPS) is 15.1. The lowest BCUT2D eigenvalue weighted by Crippen LogP contribution is -2.38. The maximum Gasteiger partial charge on any atom is 0.260 e. The van der Waals surface area contributed by atoms with Gasteiger partial charge in [-0.25, -0.2) is 0 Å². The predicted molar refractivity (Wildman–Crippen MR) is 103 cm³/mol. The number of carbonyl (C=O) groups excluding carboxylic acids is 1. The fourth-order valence-corrected chi connectivity index (χ4v) is 3.97. The Bertz CT molecular complexity index is 862. The van der Waals surface area contributed by atoms with Crippen molar-refractivity contribution in [3.8, 4) is 17.2 Å². The number of hydrogen-bond acceptors (Lipinski definition) is 4. The van der Waals surface area contributed by atoms with E-state index in [1.165, 1.54) is 23.1 Å². The van der Waals surface area contributed by atoms with E-state index in [1.807, 2.05) is 23.1 Å². The van der Waals surface area contributed by atoms with E-state index in [-0.39, 0.29) is 12.5 Å². The van der Waals surface area contributed by atoms with E-state index >= 15 is 0 Å². The van der Waals surface area contributed by atoms with Gasteiger partial charge in [-0.1, -0.05) is 6.07 Å². The van der Waals surface area contributed by atoms with Crippen LogP contribution in [-0.4, -0.2) is 38.2 Å². The summed E-state index contributed by atoms with van der Waals surface area (Å²) in [5.74, 6) is 2.22. The van der Waals surface area contributed by atoms with Crippen LogP contribution < -0.4 is 14.2 Å². The second kappa shape index (κ2) is 7.51. The minimum atomic E-state index is 0.0101. The van der Waals surface area contributed by atoms with E-state index in [0.717, 1.165) is 36.3 Å². The lowest BCUT2D eigenvalue weighted by Gasteiger charge is -2.29. The molecule has 1 amide bonds. The molecule has 0 spiro atoms. The second-order valence-corrected chi connectivity index (χ2v) is 7.11. The number of ether oxygens (including phenoxy) is 3. The molecule has 0 fully saturated rings. The van der Waals surface area contributed by atoms with Gasteiger partial charge in [-0.15, -0.1) is 0 Å². The first-order valence-electron chi connectivity index (χ1n) is 9.44. The van der Waals surface area contributed by atoms with Gasteiger partial charge in [-0.2, -0.15) is 0 Å². The van der Waals surface area contributed by atoms with Crippen molar-refractivity contribution < 1.29 is 19.0 Å². The lowest BCUT2D eigenvalue weighted by atomic mass is 9.99. The molecule has 5 heteroatoms. The van der Waals surface area contributed by atoms with E-state index < -0.39 is 0 Å². The third kappa shape index (κ3) is 3.59. The molecule has 1 heterocycles. The topological polar surface area (TPSA) is 48.0 Å². The van der Waals surface area contributed by atoms with Gasteiger partial charge < -0.3 is 19.1 Å². The number of hydrogen-bond donors (Lipinski definition) is 0. The fourth-order valence-electron chi connectivity index (χ4n) is 3.97. The Morgan fingerprint density at radius 3 is 2.41 bits per heavy atom. The zero-order valence-electron chi connectivity index (χ0n) is 15.9. The van der Waals surface area contributed by atoms with Crippen LogP contribution in [0.1, 0.15) is 28.7 Å². The summed E-state index contributed by atoms with van der Waals surface area (Å²) < 4.78 is 16.5. The summed E-state index contributed by atoms with van der Waals surface area (Å²) in [4.78, 5) is 14.5. The summed E-state index contributed by atoms with van der Waals surface area (Å²) in [7, 11) is 3.26. The molecule has 142 valence electrons. The Hall–Kier alpha value is -2.69. The quantitative estimate of drug-likeness (QED) is 0.815. The molecule has 1 aliphatic carbocycles. The summed E-state index contributed by atoms with van der Waals surface area (Å²) in [6.07, 6.45) is 4.27. The summed E-state index contributed by atoms with van der Waals surface area (Å²) in [6, 6.07) is 10.2.